The van der Waals surface area contributed by atoms with Gasteiger partial charge in [0.1, 0.15) is 11.4 Å². The first-order valence-electron chi connectivity index (χ1n) is 9.85. The van der Waals surface area contributed by atoms with Crippen LogP contribution in [0.15, 0.2) is 54.6 Å². The maximum atomic E-state index is 13.2. The van der Waals surface area contributed by atoms with E-state index in [1.807, 2.05) is 68.4 Å². The number of rotatable bonds is 7. The number of nitrogens with zero attached hydrogens (tertiary/aromatic N) is 1. The molecule has 1 aliphatic heterocycles. The molecule has 6 heteroatoms. The van der Waals surface area contributed by atoms with Gasteiger partial charge in [-0.05, 0) is 24.0 Å². The van der Waals surface area contributed by atoms with Crippen molar-refractivity contribution in [3.8, 4) is 0 Å². The van der Waals surface area contributed by atoms with Crippen LogP contribution in [0.25, 0.3) is 0 Å². The molecular weight excluding hydrogens is 406 g/mol. The summed E-state index contributed by atoms with van der Waals surface area (Å²) < 4.78 is 5.47. The summed E-state index contributed by atoms with van der Waals surface area (Å²) in [7, 11) is 0. The van der Waals surface area contributed by atoms with Crippen LogP contribution in [0.4, 0.5) is 0 Å². The molecule has 4 nitrogen and oxygen atoms in total. The van der Waals surface area contributed by atoms with Crippen LogP contribution in [-0.2, 0) is 20.7 Å². The van der Waals surface area contributed by atoms with Gasteiger partial charge in [0, 0.05) is 22.8 Å². The zero-order valence-electron chi connectivity index (χ0n) is 16.7. The van der Waals surface area contributed by atoms with Crippen molar-refractivity contribution in [2.24, 2.45) is 5.92 Å². The first kappa shape index (κ1) is 21.7. The van der Waals surface area contributed by atoms with Crippen molar-refractivity contribution < 1.29 is 14.3 Å². The normalized spacial score (nSPS) is 18.8. The van der Waals surface area contributed by atoms with E-state index in [1.165, 1.54) is 0 Å². The molecule has 0 bridgehead atoms. The molecule has 0 radical (unpaired) electrons. The second-order valence-electron chi connectivity index (χ2n) is 7.53. The van der Waals surface area contributed by atoms with Gasteiger partial charge in [-0.1, -0.05) is 74.0 Å². The molecule has 1 saturated heterocycles. The number of thioether (sulfide) groups is 1. The molecule has 0 saturated carbocycles. The molecular formula is C23H26ClNO3S. The highest BCUT2D eigenvalue weighted by Crippen LogP contribution is 2.44. The van der Waals surface area contributed by atoms with Gasteiger partial charge in [0.2, 0.25) is 5.91 Å². The number of halogens is 1. The molecule has 3 rings (SSSR count). The minimum absolute atomic E-state index is 0.0599. The summed E-state index contributed by atoms with van der Waals surface area (Å²) >= 11 is 7.97. The zero-order valence-corrected chi connectivity index (χ0v) is 18.3. The molecule has 0 aliphatic carbocycles. The van der Waals surface area contributed by atoms with Crippen LogP contribution in [0.2, 0.25) is 5.02 Å². The molecule has 2 aromatic rings. The van der Waals surface area contributed by atoms with E-state index >= 15 is 0 Å². The van der Waals surface area contributed by atoms with Crippen molar-refractivity contribution in [3.63, 3.8) is 0 Å². The van der Waals surface area contributed by atoms with E-state index in [0.29, 0.717) is 30.2 Å². The molecule has 1 aliphatic rings. The van der Waals surface area contributed by atoms with Gasteiger partial charge in [0.05, 0.1) is 6.61 Å². The van der Waals surface area contributed by atoms with Crippen LogP contribution in [0.1, 0.15) is 36.8 Å². The summed E-state index contributed by atoms with van der Waals surface area (Å²) in [6.07, 6.45) is 0.962. The van der Waals surface area contributed by atoms with Gasteiger partial charge in [-0.25, -0.2) is 4.79 Å². The molecule has 154 valence electrons. The molecule has 2 aromatic carbocycles. The molecule has 1 amide bonds. The maximum absolute atomic E-state index is 13.2. The lowest BCUT2D eigenvalue weighted by Crippen LogP contribution is -2.44. The second-order valence-corrected chi connectivity index (χ2v) is 9.05. The highest BCUT2D eigenvalue weighted by atomic mass is 35.5. The lowest BCUT2D eigenvalue weighted by molar-refractivity contribution is -0.155. The Hall–Kier alpha value is -1.98. The number of esters is 1. The van der Waals surface area contributed by atoms with Crippen molar-refractivity contribution in [2.75, 3.05) is 12.4 Å². The van der Waals surface area contributed by atoms with Crippen LogP contribution < -0.4 is 0 Å². The Kier molecular flexibility index (Phi) is 7.62. The topological polar surface area (TPSA) is 46.6 Å². The fraction of sp³-hybridized carbons (Fsp3) is 0.391. The van der Waals surface area contributed by atoms with E-state index < -0.39 is 6.04 Å². The van der Waals surface area contributed by atoms with Gasteiger partial charge in [-0.15, -0.1) is 11.8 Å². The molecule has 2 atom stereocenters. The van der Waals surface area contributed by atoms with Gasteiger partial charge in [0.25, 0.3) is 0 Å². The maximum Gasteiger partial charge on any atom is 0.329 e. The van der Waals surface area contributed by atoms with Crippen molar-refractivity contribution >= 4 is 35.2 Å². The Labute approximate surface area is 181 Å². The monoisotopic (exact) mass is 431 g/mol. The number of carbonyl (C=O) groups excluding carboxylic acids is 2. The van der Waals surface area contributed by atoms with Crippen molar-refractivity contribution in [1.82, 2.24) is 4.90 Å². The average Bonchev–Trinajstić information content (AvgIpc) is 3.16. The lowest BCUT2D eigenvalue weighted by atomic mass is 10.1. The number of carbonyl (C=O) groups is 2. The number of ether oxygens (including phenoxy) is 1. The first-order chi connectivity index (χ1) is 14.0. The Morgan fingerprint density at radius 1 is 1.14 bits per heavy atom. The van der Waals surface area contributed by atoms with Crippen molar-refractivity contribution in [3.05, 3.63) is 70.7 Å². The number of aryl methyl sites for hydroxylation is 1. The SMILES string of the molecule is CC(C)COC(=O)C1CSC(c2ccccc2Cl)N1C(=O)CCc1ccccc1. The van der Waals surface area contributed by atoms with Crippen LogP contribution in [-0.4, -0.2) is 35.2 Å². The fourth-order valence-corrected chi connectivity index (χ4v) is 5.05. The molecule has 1 fully saturated rings. The largest absolute Gasteiger partial charge is 0.464 e. The van der Waals surface area contributed by atoms with Crippen LogP contribution in [0.3, 0.4) is 0 Å². The summed E-state index contributed by atoms with van der Waals surface area (Å²) in [6.45, 7) is 4.33. The van der Waals surface area contributed by atoms with E-state index in [2.05, 4.69) is 0 Å². The Morgan fingerprint density at radius 2 is 1.83 bits per heavy atom. The highest BCUT2D eigenvalue weighted by Gasteiger charge is 2.43. The van der Waals surface area contributed by atoms with Gasteiger partial charge in [0.15, 0.2) is 0 Å². The number of amides is 1. The standard InChI is InChI=1S/C23H26ClNO3S/c1-16(2)14-28-23(27)20-15-29-22(18-10-6-7-11-19(18)24)25(20)21(26)13-12-17-8-4-3-5-9-17/h3-11,16,20,22H,12-15H2,1-2H3. The zero-order chi connectivity index (χ0) is 20.8. The molecule has 29 heavy (non-hydrogen) atoms. The Bertz CT molecular complexity index is 843. The smallest absolute Gasteiger partial charge is 0.329 e. The third-order valence-corrected chi connectivity index (χ3v) is 6.41. The second kappa shape index (κ2) is 10.2. The minimum Gasteiger partial charge on any atom is -0.464 e. The van der Waals surface area contributed by atoms with Gasteiger partial charge < -0.3 is 9.64 Å². The molecule has 1 heterocycles. The molecule has 0 spiro atoms. The van der Waals surface area contributed by atoms with E-state index in [9.17, 15) is 9.59 Å². The third-order valence-electron chi connectivity index (χ3n) is 4.76. The van der Waals surface area contributed by atoms with Crippen LogP contribution >= 0.6 is 23.4 Å². The van der Waals surface area contributed by atoms with Crippen LogP contribution in [0.5, 0.6) is 0 Å². The Balaban J connectivity index is 1.80. The van der Waals surface area contributed by atoms with Gasteiger partial charge in [-0.3, -0.25) is 4.79 Å². The summed E-state index contributed by atoms with van der Waals surface area (Å²) in [5, 5.41) is 0.311. The summed E-state index contributed by atoms with van der Waals surface area (Å²) in [6, 6.07) is 16.8. The average molecular weight is 432 g/mol. The predicted molar refractivity (Wildman–Crippen MR) is 118 cm³/mol. The van der Waals surface area contributed by atoms with Crippen molar-refractivity contribution in [1.29, 1.82) is 0 Å². The third kappa shape index (κ3) is 5.55. The van der Waals surface area contributed by atoms with E-state index in [-0.39, 0.29) is 23.2 Å². The molecule has 0 N–H and O–H groups in total. The molecule has 0 aromatic heterocycles. The summed E-state index contributed by atoms with van der Waals surface area (Å²) in [4.78, 5) is 27.6. The van der Waals surface area contributed by atoms with Crippen LogP contribution in [0, 0.1) is 5.92 Å². The number of hydrogen-bond donors (Lipinski definition) is 0. The van der Waals surface area contributed by atoms with Crippen molar-refractivity contribution in [2.45, 2.75) is 38.1 Å². The van der Waals surface area contributed by atoms with E-state index in [0.717, 1.165) is 11.1 Å². The fourth-order valence-electron chi connectivity index (χ4n) is 3.28. The first-order valence-corrected chi connectivity index (χ1v) is 11.3. The van der Waals surface area contributed by atoms with Gasteiger partial charge >= 0.3 is 5.97 Å². The minimum atomic E-state index is -0.594. The van der Waals surface area contributed by atoms with E-state index in [4.69, 9.17) is 16.3 Å². The Morgan fingerprint density at radius 3 is 2.52 bits per heavy atom. The summed E-state index contributed by atoms with van der Waals surface area (Å²) in [5.74, 6) is 0.350. The summed E-state index contributed by atoms with van der Waals surface area (Å²) in [5.41, 5.74) is 1.95. The number of hydrogen-bond acceptors (Lipinski definition) is 4. The molecule has 2 unspecified atom stereocenters. The quantitative estimate of drug-likeness (QED) is 0.571. The number of benzene rings is 2. The van der Waals surface area contributed by atoms with E-state index in [1.54, 1.807) is 16.7 Å². The highest BCUT2D eigenvalue weighted by molar-refractivity contribution is 7.99. The van der Waals surface area contributed by atoms with Gasteiger partial charge in [-0.2, -0.15) is 0 Å². The predicted octanol–water partition coefficient (Wildman–Crippen LogP) is 5.11. The lowest BCUT2D eigenvalue weighted by Gasteiger charge is -2.29.